The van der Waals surface area contributed by atoms with Crippen molar-refractivity contribution in [2.45, 2.75) is 83.3 Å². The number of hydrogen-bond donors (Lipinski definition) is 2. The van der Waals surface area contributed by atoms with Gasteiger partial charge in [0.05, 0.1) is 4.60 Å². The van der Waals surface area contributed by atoms with E-state index in [-0.39, 0.29) is 5.60 Å². The third kappa shape index (κ3) is 4.73. The summed E-state index contributed by atoms with van der Waals surface area (Å²) in [4.78, 5) is 8.47. The van der Waals surface area contributed by atoms with Crippen LogP contribution in [-0.4, -0.2) is 72.6 Å². The van der Waals surface area contributed by atoms with Crippen LogP contribution < -0.4 is 5.32 Å². The number of aromatic nitrogens is 1. The number of H-pyrrole nitrogens is 1. The molecule has 2 N–H and O–H groups in total. The molecule has 2 unspecified atom stereocenters. The van der Waals surface area contributed by atoms with Gasteiger partial charge in [-0.15, -0.1) is 0 Å². The first kappa shape index (κ1) is 26.1. The molecule has 1 aliphatic heterocycles. The Morgan fingerprint density at radius 3 is 2.59 bits per heavy atom. The number of hydrogen-bond acceptors (Lipinski definition) is 3. The van der Waals surface area contributed by atoms with E-state index in [1.165, 1.54) is 22.0 Å². The molecule has 1 aromatic heterocycles. The third-order valence-corrected chi connectivity index (χ3v) is 11.8. The molecule has 1 aromatic carbocycles. The number of benzene rings is 1. The summed E-state index contributed by atoms with van der Waals surface area (Å²) < 4.78 is 8.04. The van der Waals surface area contributed by atoms with Crippen LogP contribution in [0, 0.1) is 0 Å². The van der Waals surface area contributed by atoms with Gasteiger partial charge in [0, 0.05) is 59.7 Å². The average molecular weight is 566 g/mol. The molecule has 2 heterocycles. The number of fused-ring (bicyclic) bond motifs is 2. The smallest absolute Gasteiger partial charge is 0.196 e. The molecule has 0 saturated carbocycles. The van der Waals surface area contributed by atoms with E-state index in [0.29, 0.717) is 23.5 Å². The van der Waals surface area contributed by atoms with Gasteiger partial charge in [-0.25, -0.2) is 0 Å². The lowest BCUT2D eigenvalue weighted by atomic mass is 9.73. The Bertz CT molecular complexity index is 1060. The number of likely N-dealkylation sites (tertiary alicyclic amines) is 1. The Hall–Kier alpha value is -0.933. The van der Waals surface area contributed by atoms with Crippen molar-refractivity contribution in [2.24, 2.45) is 0 Å². The predicted octanol–water partition coefficient (Wildman–Crippen LogP) is 5.96. The van der Waals surface area contributed by atoms with Crippen LogP contribution in [0.15, 0.2) is 22.8 Å². The summed E-state index contributed by atoms with van der Waals surface area (Å²) in [6.07, 6.45) is 1.08. The van der Waals surface area contributed by atoms with E-state index in [9.17, 15) is 0 Å². The summed E-state index contributed by atoms with van der Waals surface area (Å²) in [5.74, 6) is 0.426. The zero-order valence-electron chi connectivity index (χ0n) is 22.0. The molecule has 0 spiro atoms. The zero-order valence-corrected chi connectivity index (χ0v) is 25.4. The highest BCUT2D eigenvalue weighted by Gasteiger charge is 2.53. The molecular formula is C26H41BrN4OSSi. The summed E-state index contributed by atoms with van der Waals surface area (Å²) in [7, 11) is 0.141. The number of likely N-dealkylation sites (N-methyl/N-ethyl adjacent to an activating group) is 1. The van der Waals surface area contributed by atoms with E-state index >= 15 is 0 Å². The van der Waals surface area contributed by atoms with E-state index in [1.54, 1.807) is 0 Å². The number of rotatable bonds is 5. The van der Waals surface area contributed by atoms with Gasteiger partial charge in [0.2, 0.25) is 0 Å². The van der Waals surface area contributed by atoms with Crippen molar-refractivity contribution in [1.29, 1.82) is 0 Å². The first-order chi connectivity index (χ1) is 15.9. The number of nitrogens with one attached hydrogen (secondary N) is 2. The normalized spacial score (nSPS) is 25.3. The third-order valence-electron chi connectivity index (χ3n) is 7.56. The Kier molecular flexibility index (Phi) is 7.31. The lowest BCUT2D eigenvalue weighted by Gasteiger charge is -2.53. The summed E-state index contributed by atoms with van der Waals surface area (Å²) in [6, 6.07) is 7.48. The standard InChI is InChI=1S/C26H41BrN4OSSi/c1-9-31(10-2)25(33)28-16-14-18-17-12-11-13-19-20(17)21(24(27)29-19)23(22(18)30(6)15-16)34(7,8)32-26(3,4)5/h11-13,16,18,22-23,29H,9-10,14-15H2,1-8H3,(H,28,33)/t16-,18?,22-,23?/m0/s1. The van der Waals surface area contributed by atoms with E-state index < -0.39 is 8.32 Å². The molecule has 34 heavy (non-hydrogen) atoms. The molecule has 188 valence electrons. The monoisotopic (exact) mass is 564 g/mol. The molecule has 0 amide bonds. The van der Waals surface area contributed by atoms with Gasteiger partial charge in [0.25, 0.3) is 0 Å². The van der Waals surface area contributed by atoms with Crippen LogP contribution >= 0.6 is 28.1 Å². The summed E-state index contributed by atoms with van der Waals surface area (Å²) in [6.45, 7) is 18.6. The van der Waals surface area contributed by atoms with Crippen LogP contribution in [0.2, 0.25) is 13.1 Å². The number of thiocarbonyl (C=S) groups is 1. The SMILES string of the molecule is CCN(CC)C(=S)N[C@H]1CC2c3cccc4[nH]c(Br)c(c34)C([Si](C)(C)OC(C)(C)C)[C@H]2N(C)C1. The van der Waals surface area contributed by atoms with Gasteiger partial charge in [0.1, 0.15) is 0 Å². The molecule has 0 bridgehead atoms. The molecule has 1 fully saturated rings. The van der Waals surface area contributed by atoms with Crippen LogP contribution in [0.4, 0.5) is 0 Å². The lowest BCUT2D eigenvalue weighted by Crippen LogP contribution is -2.62. The molecule has 4 atom stereocenters. The van der Waals surface area contributed by atoms with Crippen molar-refractivity contribution in [3.63, 3.8) is 0 Å². The zero-order chi connectivity index (χ0) is 25.0. The highest BCUT2D eigenvalue weighted by molar-refractivity contribution is 9.10. The highest BCUT2D eigenvalue weighted by atomic mass is 79.9. The fourth-order valence-corrected chi connectivity index (χ4v) is 11.9. The molecule has 4 rings (SSSR count). The largest absolute Gasteiger partial charge is 0.412 e. The van der Waals surface area contributed by atoms with Gasteiger partial charge < -0.3 is 24.5 Å². The molecule has 8 heteroatoms. The maximum atomic E-state index is 6.92. The number of halogens is 1. The van der Waals surface area contributed by atoms with Crippen LogP contribution in [-0.2, 0) is 4.43 Å². The topological polar surface area (TPSA) is 43.5 Å². The fourth-order valence-electron chi connectivity index (χ4n) is 6.63. The minimum Gasteiger partial charge on any atom is -0.412 e. The highest BCUT2D eigenvalue weighted by Crippen LogP contribution is 2.54. The molecule has 1 saturated heterocycles. The van der Waals surface area contributed by atoms with Crippen molar-refractivity contribution in [2.75, 3.05) is 26.7 Å². The summed E-state index contributed by atoms with van der Waals surface area (Å²) in [5, 5.41) is 6.00. The molecular weight excluding hydrogens is 524 g/mol. The Balaban J connectivity index is 1.79. The summed E-state index contributed by atoms with van der Waals surface area (Å²) >= 11 is 9.71. The molecule has 1 aliphatic carbocycles. The lowest BCUT2D eigenvalue weighted by molar-refractivity contribution is 0.0897. The van der Waals surface area contributed by atoms with Crippen molar-refractivity contribution in [3.8, 4) is 0 Å². The van der Waals surface area contributed by atoms with Crippen LogP contribution in [0.1, 0.15) is 63.6 Å². The van der Waals surface area contributed by atoms with E-state index in [0.717, 1.165) is 35.8 Å². The Morgan fingerprint density at radius 1 is 1.29 bits per heavy atom. The van der Waals surface area contributed by atoms with Gasteiger partial charge in [-0.1, -0.05) is 12.1 Å². The number of piperidine rings is 1. The first-order valence-electron chi connectivity index (χ1n) is 12.6. The number of nitrogens with zero attached hydrogens (tertiary/aromatic N) is 2. The van der Waals surface area contributed by atoms with Crippen molar-refractivity contribution < 1.29 is 4.43 Å². The summed E-state index contributed by atoms with van der Waals surface area (Å²) in [5.41, 5.74) is 4.29. The van der Waals surface area contributed by atoms with Crippen LogP contribution in [0.5, 0.6) is 0 Å². The minimum absolute atomic E-state index is 0.169. The molecule has 5 nitrogen and oxygen atoms in total. The van der Waals surface area contributed by atoms with Crippen LogP contribution in [0.3, 0.4) is 0 Å². The first-order valence-corrected chi connectivity index (χ1v) is 16.8. The minimum atomic E-state index is -2.16. The van der Waals surface area contributed by atoms with E-state index in [1.807, 2.05) is 0 Å². The average Bonchev–Trinajstić information content (AvgIpc) is 3.04. The van der Waals surface area contributed by atoms with Gasteiger partial charge in [-0.2, -0.15) is 0 Å². The van der Waals surface area contributed by atoms with Crippen molar-refractivity contribution in [1.82, 2.24) is 20.1 Å². The molecule has 0 radical (unpaired) electrons. The molecule has 2 aromatic rings. The van der Waals surface area contributed by atoms with Gasteiger partial charge in [-0.3, -0.25) is 0 Å². The van der Waals surface area contributed by atoms with Gasteiger partial charge in [0.15, 0.2) is 13.4 Å². The quantitative estimate of drug-likeness (QED) is 0.346. The maximum absolute atomic E-state index is 6.92. The number of aromatic amines is 1. The van der Waals surface area contributed by atoms with E-state index in [4.69, 9.17) is 16.6 Å². The van der Waals surface area contributed by atoms with Gasteiger partial charge in [-0.05, 0) is 107 Å². The van der Waals surface area contributed by atoms with Crippen molar-refractivity contribution >= 4 is 52.5 Å². The second kappa shape index (κ2) is 9.50. The predicted molar refractivity (Wildman–Crippen MR) is 153 cm³/mol. The van der Waals surface area contributed by atoms with Crippen LogP contribution in [0.25, 0.3) is 10.9 Å². The Morgan fingerprint density at radius 2 is 1.97 bits per heavy atom. The van der Waals surface area contributed by atoms with Crippen molar-refractivity contribution in [3.05, 3.63) is 33.9 Å². The maximum Gasteiger partial charge on any atom is 0.196 e. The van der Waals surface area contributed by atoms with E-state index in [2.05, 4.69) is 109 Å². The second-order valence-corrected chi connectivity index (χ2v) is 16.7. The molecule has 2 aliphatic rings. The second-order valence-electron chi connectivity index (χ2n) is 11.5. The Labute approximate surface area is 220 Å². The fraction of sp³-hybridized carbons (Fsp3) is 0.654. The van der Waals surface area contributed by atoms with Gasteiger partial charge >= 0.3 is 0 Å².